The maximum atomic E-state index is 10.1. The molecule has 3 aromatic carbocycles. The molecule has 21 heavy (non-hydrogen) atoms. The third kappa shape index (κ3) is 2.88. The van der Waals surface area contributed by atoms with Gasteiger partial charge in [-0.25, -0.2) is 0 Å². The number of benzene rings is 3. The van der Waals surface area contributed by atoms with E-state index < -0.39 is 0 Å². The van der Waals surface area contributed by atoms with Crippen molar-refractivity contribution in [3.8, 4) is 5.75 Å². The SMILES string of the molecule is Cc1ccc(NCc2c(O)ccc3ccccc23)c(Br)c1. The Bertz CT molecular complexity index is 798. The smallest absolute Gasteiger partial charge is 0.121 e. The van der Waals surface area contributed by atoms with E-state index in [1.165, 1.54) is 5.56 Å². The summed E-state index contributed by atoms with van der Waals surface area (Å²) in [6, 6.07) is 18.0. The van der Waals surface area contributed by atoms with Crippen molar-refractivity contribution in [2.45, 2.75) is 13.5 Å². The monoisotopic (exact) mass is 341 g/mol. The topological polar surface area (TPSA) is 32.3 Å². The average molecular weight is 342 g/mol. The van der Waals surface area contributed by atoms with Gasteiger partial charge in [-0.05, 0) is 57.4 Å². The molecule has 0 aliphatic rings. The Morgan fingerprint density at radius 1 is 1.05 bits per heavy atom. The highest BCUT2D eigenvalue weighted by Crippen LogP contribution is 2.29. The quantitative estimate of drug-likeness (QED) is 0.683. The maximum Gasteiger partial charge on any atom is 0.121 e. The molecule has 106 valence electrons. The van der Waals surface area contributed by atoms with E-state index in [-0.39, 0.29) is 0 Å². The van der Waals surface area contributed by atoms with Gasteiger partial charge in [0.2, 0.25) is 0 Å². The highest BCUT2D eigenvalue weighted by molar-refractivity contribution is 9.10. The van der Waals surface area contributed by atoms with Crippen molar-refractivity contribution in [1.29, 1.82) is 0 Å². The molecule has 0 heterocycles. The number of halogens is 1. The number of phenols is 1. The largest absolute Gasteiger partial charge is 0.508 e. The molecule has 0 spiro atoms. The maximum absolute atomic E-state index is 10.1. The summed E-state index contributed by atoms with van der Waals surface area (Å²) in [5, 5.41) is 15.7. The molecule has 0 fully saturated rings. The minimum atomic E-state index is 0.324. The van der Waals surface area contributed by atoms with E-state index >= 15 is 0 Å². The van der Waals surface area contributed by atoms with Crippen LogP contribution in [0.5, 0.6) is 5.75 Å². The van der Waals surface area contributed by atoms with E-state index in [0.29, 0.717) is 12.3 Å². The molecule has 3 heteroatoms. The minimum Gasteiger partial charge on any atom is -0.508 e. The van der Waals surface area contributed by atoms with Gasteiger partial charge in [-0.3, -0.25) is 0 Å². The number of hydrogen-bond donors (Lipinski definition) is 2. The zero-order valence-electron chi connectivity index (χ0n) is 11.7. The van der Waals surface area contributed by atoms with E-state index in [4.69, 9.17) is 0 Å². The number of aromatic hydroxyl groups is 1. The molecular weight excluding hydrogens is 326 g/mol. The normalized spacial score (nSPS) is 10.8. The summed E-state index contributed by atoms with van der Waals surface area (Å²) in [5.74, 6) is 0.324. The van der Waals surface area contributed by atoms with Gasteiger partial charge in [0.15, 0.2) is 0 Å². The van der Waals surface area contributed by atoms with Crippen LogP contribution in [0.25, 0.3) is 10.8 Å². The lowest BCUT2D eigenvalue weighted by Gasteiger charge is -2.13. The number of rotatable bonds is 3. The van der Waals surface area contributed by atoms with Crippen LogP contribution in [0, 0.1) is 6.92 Å². The van der Waals surface area contributed by atoms with Crippen LogP contribution in [0.3, 0.4) is 0 Å². The first-order chi connectivity index (χ1) is 10.1. The van der Waals surface area contributed by atoms with E-state index in [2.05, 4.69) is 46.4 Å². The lowest BCUT2D eigenvalue weighted by Crippen LogP contribution is -2.01. The van der Waals surface area contributed by atoms with Gasteiger partial charge < -0.3 is 10.4 Å². The Hall–Kier alpha value is -2.00. The zero-order valence-corrected chi connectivity index (χ0v) is 13.3. The summed E-state index contributed by atoms with van der Waals surface area (Å²) in [6.07, 6.45) is 0. The van der Waals surface area contributed by atoms with Gasteiger partial charge in [0.25, 0.3) is 0 Å². The Kier molecular flexibility index (Phi) is 3.84. The van der Waals surface area contributed by atoms with Crippen molar-refractivity contribution in [2.75, 3.05) is 5.32 Å². The predicted octanol–water partition coefficient (Wildman–Crippen LogP) is 5.23. The molecule has 0 aliphatic carbocycles. The van der Waals surface area contributed by atoms with Crippen LogP contribution in [0.1, 0.15) is 11.1 Å². The van der Waals surface area contributed by atoms with E-state index in [0.717, 1.165) is 26.5 Å². The molecule has 0 aliphatic heterocycles. The summed E-state index contributed by atoms with van der Waals surface area (Å²) >= 11 is 3.56. The van der Waals surface area contributed by atoms with Crippen LogP contribution >= 0.6 is 15.9 Å². The van der Waals surface area contributed by atoms with E-state index in [1.54, 1.807) is 6.07 Å². The number of anilines is 1. The van der Waals surface area contributed by atoms with Gasteiger partial charge >= 0.3 is 0 Å². The Labute approximate surface area is 132 Å². The number of hydrogen-bond acceptors (Lipinski definition) is 2. The van der Waals surface area contributed by atoms with E-state index in [9.17, 15) is 5.11 Å². The van der Waals surface area contributed by atoms with Crippen LogP contribution in [0.15, 0.2) is 59.1 Å². The van der Waals surface area contributed by atoms with Crippen LogP contribution < -0.4 is 5.32 Å². The molecule has 0 saturated carbocycles. The van der Waals surface area contributed by atoms with Gasteiger partial charge in [-0.15, -0.1) is 0 Å². The molecule has 2 N–H and O–H groups in total. The first-order valence-electron chi connectivity index (χ1n) is 6.85. The van der Waals surface area contributed by atoms with Gasteiger partial charge in [0.05, 0.1) is 0 Å². The first kappa shape index (κ1) is 14.0. The van der Waals surface area contributed by atoms with Gasteiger partial charge in [0, 0.05) is 22.3 Å². The number of phenolic OH excluding ortho intramolecular Hbond substituents is 1. The molecule has 3 aromatic rings. The number of nitrogens with one attached hydrogen (secondary N) is 1. The molecular formula is C18H16BrNO. The molecule has 0 unspecified atom stereocenters. The molecule has 0 amide bonds. The van der Waals surface area contributed by atoms with Crippen LogP contribution in [-0.4, -0.2) is 5.11 Å². The predicted molar refractivity (Wildman–Crippen MR) is 91.8 cm³/mol. The molecule has 0 atom stereocenters. The number of aryl methyl sites for hydroxylation is 1. The standard InChI is InChI=1S/C18H16BrNO/c1-12-6-8-17(16(19)10-12)20-11-15-14-5-3-2-4-13(14)7-9-18(15)21/h2-10,20-21H,11H2,1H3. The Morgan fingerprint density at radius 3 is 2.67 bits per heavy atom. The van der Waals surface area contributed by atoms with Crippen LogP contribution in [-0.2, 0) is 6.54 Å². The van der Waals surface area contributed by atoms with Gasteiger partial charge in [0.1, 0.15) is 5.75 Å². The molecule has 0 saturated heterocycles. The van der Waals surface area contributed by atoms with Crippen molar-refractivity contribution >= 4 is 32.4 Å². The zero-order chi connectivity index (χ0) is 14.8. The minimum absolute atomic E-state index is 0.324. The fourth-order valence-corrected chi connectivity index (χ4v) is 3.09. The second-order valence-electron chi connectivity index (χ2n) is 5.12. The van der Waals surface area contributed by atoms with Gasteiger partial charge in [-0.2, -0.15) is 0 Å². The fraction of sp³-hybridized carbons (Fsp3) is 0.111. The summed E-state index contributed by atoms with van der Waals surface area (Å²) in [6.45, 7) is 2.64. The van der Waals surface area contributed by atoms with Crippen LogP contribution in [0.2, 0.25) is 0 Å². The molecule has 0 aromatic heterocycles. The van der Waals surface area contributed by atoms with Crippen molar-refractivity contribution in [1.82, 2.24) is 0 Å². The lowest BCUT2D eigenvalue weighted by atomic mass is 10.0. The third-order valence-electron chi connectivity index (χ3n) is 3.60. The molecule has 2 nitrogen and oxygen atoms in total. The second-order valence-corrected chi connectivity index (χ2v) is 5.98. The Balaban J connectivity index is 1.93. The van der Waals surface area contributed by atoms with Crippen LogP contribution in [0.4, 0.5) is 5.69 Å². The van der Waals surface area contributed by atoms with Crippen molar-refractivity contribution in [3.05, 3.63) is 70.2 Å². The summed E-state index contributed by atoms with van der Waals surface area (Å²) in [4.78, 5) is 0. The second kappa shape index (κ2) is 5.78. The highest BCUT2D eigenvalue weighted by Gasteiger charge is 2.07. The summed E-state index contributed by atoms with van der Waals surface area (Å²) in [7, 11) is 0. The third-order valence-corrected chi connectivity index (χ3v) is 4.25. The average Bonchev–Trinajstić information content (AvgIpc) is 2.48. The van der Waals surface area contributed by atoms with Gasteiger partial charge in [-0.1, -0.05) is 36.4 Å². The van der Waals surface area contributed by atoms with Crippen molar-refractivity contribution in [3.63, 3.8) is 0 Å². The molecule has 3 rings (SSSR count). The lowest BCUT2D eigenvalue weighted by molar-refractivity contribution is 0.470. The first-order valence-corrected chi connectivity index (χ1v) is 7.64. The Morgan fingerprint density at radius 2 is 1.86 bits per heavy atom. The summed E-state index contributed by atoms with van der Waals surface area (Å²) in [5.41, 5.74) is 3.15. The fourth-order valence-electron chi connectivity index (χ4n) is 2.46. The van der Waals surface area contributed by atoms with Crippen molar-refractivity contribution < 1.29 is 5.11 Å². The summed E-state index contributed by atoms with van der Waals surface area (Å²) < 4.78 is 1.03. The van der Waals surface area contributed by atoms with Crippen molar-refractivity contribution in [2.24, 2.45) is 0 Å². The highest BCUT2D eigenvalue weighted by atomic mass is 79.9. The van der Waals surface area contributed by atoms with E-state index in [1.807, 2.05) is 30.3 Å². The molecule has 0 bridgehead atoms. The molecule has 0 radical (unpaired) electrons. The number of fused-ring (bicyclic) bond motifs is 1.